The van der Waals surface area contributed by atoms with Crippen molar-refractivity contribution in [3.05, 3.63) is 28.8 Å². The van der Waals surface area contributed by atoms with Crippen molar-refractivity contribution in [2.75, 3.05) is 12.8 Å². The lowest BCUT2D eigenvalue weighted by molar-refractivity contribution is 0.213. The Morgan fingerprint density at radius 1 is 1.22 bits per heavy atom. The van der Waals surface area contributed by atoms with Gasteiger partial charge in [0.05, 0.1) is 0 Å². The molecule has 0 aromatic heterocycles. The first-order valence-corrected chi connectivity index (χ1v) is 7.29. The highest BCUT2D eigenvalue weighted by molar-refractivity contribution is 6.31. The van der Waals surface area contributed by atoms with Crippen LogP contribution in [0.25, 0.3) is 0 Å². The Bertz CT molecular complexity index is 384. The van der Waals surface area contributed by atoms with E-state index in [1.54, 1.807) is 0 Å². The molecule has 3 heteroatoms. The average Bonchev–Trinajstić information content (AvgIpc) is 2.62. The predicted octanol–water partition coefficient (Wildman–Crippen LogP) is 4.08. The molecule has 1 aromatic rings. The van der Waals surface area contributed by atoms with Gasteiger partial charge in [0.1, 0.15) is 0 Å². The Balaban J connectivity index is 2.00. The largest absolute Gasteiger partial charge is 0.399 e. The minimum atomic E-state index is 0.699. The number of nitrogens with zero attached hydrogens (tertiary/aromatic N) is 1. The summed E-state index contributed by atoms with van der Waals surface area (Å²) in [7, 11) is 2.20. The van der Waals surface area contributed by atoms with E-state index in [0.29, 0.717) is 6.04 Å². The second-order valence-electron chi connectivity index (χ2n) is 5.41. The van der Waals surface area contributed by atoms with Gasteiger partial charge in [0.25, 0.3) is 0 Å². The van der Waals surface area contributed by atoms with Crippen LogP contribution < -0.4 is 5.73 Å². The van der Waals surface area contributed by atoms with Crippen molar-refractivity contribution >= 4 is 17.3 Å². The molecule has 0 bridgehead atoms. The first-order valence-electron chi connectivity index (χ1n) is 6.91. The highest BCUT2D eigenvalue weighted by Gasteiger charge is 2.17. The number of nitrogens with two attached hydrogens (primary N) is 1. The van der Waals surface area contributed by atoms with E-state index >= 15 is 0 Å². The smallest absolute Gasteiger partial charge is 0.0452 e. The molecule has 2 nitrogen and oxygen atoms in total. The molecule has 1 fully saturated rings. The van der Waals surface area contributed by atoms with Gasteiger partial charge in [-0.3, -0.25) is 4.90 Å². The standard InChI is InChI=1S/C15H23ClN2/c1-18(14-6-4-2-3-5-7-14)11-12-10-13(17)8-9-15(12)16/h8-10,14H,2-7,11,17H2,1H3. The minimum absolute atomic E-state index is 0.699. The van der Waals surface area contributed by atoms with Crippen molar-refractivity contribution in [2.45, 2.75) is 51.1 Å². The lowest BCUT2D eigenvalue weighted by atomic mass is 10.1. The topological polar surface area (TPSA) is 29.3 Å². The number of rotatable bonds is 3. The molecule has 0 amide bonds. The molecule has 0 aliphatic heterocycles. The molecular weight excluding hydrogens is 244 g/mol. The molecule has 100 valence electrons. The van der Waals surface area contributed by atoms with E-state index in [0.717, 1.165) is 22.8 Å². The number of nitrogen functional groups attached to an aromatic ring is 1. The van der Waals surface area contributed by atoms with Crippen molar-refractivity contribution in [3.63, 3.8) is 0 Å². The van der Waals surface area contributed by atoms with Crippen LogP contribution in [0.15, 0.2) is 18.2 Å². The summed E-state index contributed by atoms with van der Waals surface area (Å²) >= 11 is 6.23. The maximum Gasteiger partial charge on any atom is 0.0452 e. The van der Waals surface area contributed by atoms with Crippen LogP contribution in [0.4, 0.5) is 5.69 Å². The monoisotopic (exact) mass is 266 g/mol. The zero-order valence-electron chi connectivity index (χ0n) is 11.2. The normalized spacial score (nSPS) is 17.9. The Morgan fingerprint density at radius 3 is 2.56 bits per heavy atom. The van der Waals surface area contributed by atoms with Gasteiger partial charge >= 0.3 is 0 Å². The van der Waals surface area contributed by atoms with E-state index < -0.39 is 0 Å². The van der Waals surface area contributed by atoms with Crippen LogP contribution in [0.5, 0.6) is 0 Å². The van der Waals surface area contributed by atoms with E-state index in [2.05, 4.69) is 11.9 Å². The van der Waals surface area contributed by atoms with Crippen molar-refractivity contribution in [2.24, 2.45) is 0 Å². The van der Waals surface area contributed by atoms with Gasteiger partial charge in [0.2, 0.25) is 0 Å². The van der Waals surface area contributed by atoms with Crippen LogP contribution in [0.2, 0.25) is 5.02 Å². The molecule has 1 saturated carbocycles. The Morgan fingerprint density at radius 2 is 1.89 bits per heavy atom. The minimum Gasteiger partial charge on any atom is -0.399 e. The van der Waals surface area contributed by atoms with Crippen LogP contribution in [-0.2, 0) is 6.54 Å². The fraction of sp³-hybridized carbons (Fsp3) is 0.600. The van der Waals surface area contributed by atoms with Crippen molar-refractivity contribution in [1.29, 1.82) is 0 Å². The Hall–Kier alpha value is -0.730. The van der Waals surface area contributed by atoms with E-state index in [1.165, 1.54) is 38.5 Å². The van der Waals surface area contributed by atoms with Gasteiger partial charge in [-0.1, -0.05) is 37.3 Å². The summed E-state index contributed by atoms with van der Waals surface area (Å²) in [5.74, 6) is 0. The molecule has 0 atom stereocenters. The fourth-order valence-electron chi connectivity index (χ4n) is 2.81. The van der Waals surface area contributed by atoms with Gasteiger partial charge in [-0.25, -0.2) is 0 Å². The van der Waals surface area contributed by atoms with Gasteiger partial charge < -0.3 is 5.73 Å². The Kier molecular flexibility index (Phi) is 4.90. The lowest BCUT2D eigenvalue weighted by Crippen LogP contribution is -2.30. The third-order valence-electron chi connectivity index (χ3n) is 3.94. The van der Waals surface area contributed by atoms with E-state index in [9.17, 15) is 0 Å². The van der Waals surface area contributed by atoms with Gasteiger partial charge in [-0.2, -0.15) is 0 Å². The SMILES string of the molecule is CN(Cc1cc(N)ccc1Cl)C1CCCCCC1. The maximum atomic E-state index is 6.23. The van der Waals surface area contributed by atoms with E-state index in [4.69, 9.17) is 17.3 Å². The van der Waals surface area contributed by atoms with E-state index in [1.807, 2.05) is 18.2 Å². The summed E-state index contributed by atoms with van der Waals surface area (Å²) in [6, 6.07) is 6.45. The van der Waals surface area contributed by atoms with Crippen LogP contribution in [0.3, 0.4) is 0 Å². The zero-order chi connectivity index (χ0) is 13.0. The Labute approximate surface area is 115 Å². The highest BCUT2D eigenvalue weighted by atomic mass is 35.5. The van der Waals surface area contributed by atoms with E-state index in [-0.39, 0.29) is 0 Å². The zero-order valence-corrected chi connectivity index (χ0v) is 11.9. The number of hydrogen-bond donors (Lipinski definition) is 1. The van der Waals surface area contributed by atoms with Crippen molar-refractivity contribution in [3.8, 4) is 0 Å². The van der Waals surface area contributed by atoms with Gasteiger partial charge in [0.15, 0.2) is 0 Å². The van der Waals surface area contributed by atoms with Crippen LogP contribution in [0, 0.1) is 0 Å². The molecule has 0 saturated heterocycles. The second kappa shape index (κ2) is 6.44. The number of anilines is 1. The van der Waals surface area contributed by atoms with Crippen LogP contribution in [-0.4, -0.2) is 18.0 Å². The quantitative estimate of drug-likeness (QED) is 0.660. The molecule has 2 rings (SSSR count). The lowest BCUT2D eigenvalue weighted by Gasteiger charge is -2.27. The molecule has 0 unspecified atom stereocenters. The summed E-state index contributed by atoms with van der Waals surface area (Å²) in [6.07, 6.45) is 8.14. The highest BCUT2D eigenvalue weighted by Crippen LogP contribution is 2.25. The second-order valence-corrected chi connectivity index (χ2v) is 5.82. The molecule has 0 spiro atoms. The first kappa shape index (κ1) is 13.7. The van der Waals surface area contributed by atoms with Gasteiger partial charge in [0, 0.05) is 23.3 Å². The molecule has 2 N–H and O–H groups in total. The van der Waals surface area contributed by atoms with Crippen molar-refractivity contribution in [1.82, 2.24) is 4.90 Å². The summed E-state index contributed by atoms with van der Waals surface area (Å²) in [6.45, 7) is 0.897. The maximum absolute atomic E-state index is 6.23. The molecule has 0 radical (unpaired) electrons. The molecule has 1 aromatic carbocycles. The first-order chi connectivity index (χ1) is 8.66. The molecular formula is C15H23ClN2. The fourth-order valence-corrected chi connectivity index (χ4v) is 2.99. The summed E-state index contributed by atoms with van der Waals surface area (Å²) in [5.41, 5.74) is 7.77. The predicted molar refractivity (Wildman–Crippen MR) is 78.8 cm³/mol. The average molecular weight is 267 g/mol. The summed E-state index contributed by atoms with van der Waals surface area (Å²) in [5, 5.41) is 0.824. The van der Waals surface area contributed by atoms with Gasteiger partial charge in [-0.05, 0) is 43.7 Å². The van der Waals surface area contributed by atoms with Gasteiger partial charge in [-0.15, -0.1) is 0 Å². The number of benzene rings is 1. The number of halogens is 1. The summed E-state index contributed by atoms with van der Waals surface area (Å²) < 4.78 is 0. The third kappa shape index (κ3) is 3.63. The van der Waals surface area contributed by atoms with Crippen molar-refractivity contribution < 1.29 is 0 Å². The number of hydrogen-bond acceptors (Lipinski definition) is 2. The molecule has 18 heavy (non-hydrogen) atoms. The molecule has 0 heterocycles. The molecule has 1 aliphatic rings. The van der Waals surface area contributed by atoms with Crippen LogP contribution in [0.1, 0.15) is 44.1 Å². The summed E-state index contributed by atoms with van der Waals surface area (Å²) in [4.78, 5) is 2.44. The van der Waals surface area contributed by atoms with Crippen LogP contribution >= 0.6 is 11.6 Å². The third-order valence-corrected chi connectivity index (χ3v) is 4.31. The molecule has 1 aliphatic carbocycles.